The number of nitrogens with one attached hydrogen (secondary N) is 1. The van der Waals surface area contributed by atoms with Crippen LogP contribution in [0.5, 0.6) is 0 Å². The van der Waals surface area contributed by atoms with E-state index in [0.717, 1.165) is 12.1 Å². The highest BCUT2D eigenvalue weighted by Gasteiger charge is 2.12. The molecule has 6 heteroatoms. The molecule has 78 valence electrons. The Morgan fingerprint density at radius 2 is 1.86 bits per heavy atom. The Bertz CT molecular complexity index is 390. The third-order valence-corrected chi connectivity index (χ3v) is 3.18. The Morgan fingerprint density at radius 1 is 1.29 bits per heavy atom. The fraction of sp³-hybridized carbons (Fsp3) is 0.250. The van der Waals surface area contributed by atoms with Crippen LogP contribution >= 0.6 is 11.6 Å². The third-order valence-electron chi connectivity index (χ3n) is 1.51. The van der Waals surface area contributed by atoms with Gasteiger partial charge in [-0.3, -0.25) is 0 Å². The fourth-order valence-corrected chi connectivity index (χ4v) is 2.11. The number of hydrogen-bond acceptors (Lipinski definition) is 2. The monoisotopic (exact) mass is 237 g/mol. The number of halogens is 2. The predicted molar refractivity (Wildman–Crippen MR) is 52.3 cm³/mol. The molecule has 0 heterocycles. The van der Waals surface area contributed by atoms with E-state index >= 15 is 0 Å². The van der Waals surface area contributed by atoms with Gasteiger partial charge in [-0.1, -0.05) is 0 Å². The van der Waals surface area contributed by atoms with E-state index in [0.29, 0.717) is 0 Å². The molecular weight excluding hydrogens is 229 g/mol. The molecule has 0 saturated carbocycles. The summed E-state index contributed by atoms with van der Waals surface area (Å²) in [6, 6.07) is 4.59. The lowest BCUT2D eigenvalue weighted by Gasteiger charge is -2.04. The Morgan fingerprint density at radius 3 is 2.36 bits per heavy atom. The highest BCUT2D eigenvalue weighted by molar-refractivity contribution is 7.89. The van der Waals surface area contributed by atoms with E-state index in [4.69, 9.17) is 11.6 Å². The zero-order valence-electron chi connectivity index (χ0n) is 7.20. The highest BCUT2D eigenvalue weighted by Crippen LogP contribution is 2.08. The van der Waals surface area contributed by atoms with Crippen LogP contribution in [0.25, 0.3) is 0 Å². The van der Waals surface area contributed by atoms with Gasteiger partial charge in [0.25, 0.3) is 0 Å². The maximum absolute atomic E-state index is 12.5. The molecule has 0 aromatic heterocycles. The van der Waals surface area contributed by atoms with Crippen LogP contribution in [0.2, 0.25) is 0 Å². The molecule has 0 bridgehead atoms. The summed E-state index contributed by atoms with van der Waals surface area (Å²) in [6.45, 7) is 0.154. The summed E-state index contributed by atoms with van der Waals surface area (Å²) in [5.74, 6) is -0.276. The van der Waals surface area contributed by atoms with Crippen molar-refractivity contribution in [1.82, 2.24) is 4.72 Å². The van der Waals surface area contributed by atoms with Crippen LogP contribution in [-0.4, -0.2) is 20.8 Å². The molecule has 0 spiro atoms. The highest BCUT2D eigenvalue weighted by atomic mass is 35.5. The van der Waals surface area contributed by atoms with Crippen LogP contribution in [0.1, 0.15) is 0 Å². The standard InChI is InChI=1S/C8H9ClFNO2S/c9-5-6-11-14(12,13)8-3-1-7(10)2-4-8/h1-4,11H,5-6H2. The van der Waals surface area contributed by atoms with Crippen LogP contribution in [0, 0.1) is 5.82 Å². The Hall–Kier alpha value is -0.650. The van der Waals surface area contributed by atoms with Gasteiger partial charge in [0.05, 0.1) is 4.90 Å². The van der Waals surface area contributed by atoms with Gasteiger partial charge < -0.3 is 0 Å². The smallest absolute Gasteiger partial charge is 0.210 e. The summed E-state index contributed by atoms with van der Waals surface area (Å²) in [7, 11) is -3.54. The summed E-state index contributed by atoms with van der Waals surface area (Å²) >= 11 is 5.33. The van der Waals surface area contributed by atoms with Crippen LogP contribution in [0.15, 0.2) is 29.2 Å². The average molecular weight is 238 g/mol. The van der Waals surface area contributed by atoms with Crippen molar-refractivity contribution < 1.29 is 12.8 Å². The zero-order chi connectivity index (χ0) is 10.6. The molecule has 0 aliphatic carbocycles. The van der Waals surface area contributed by atoms with E-state index in [1.165, 1.54) is 12.1 Å². The number of rotatable bonds is 4. The maximum atomic E-state index is 12.5. The summed E-state index contributed by atoms with van der Waals surface area (Å²) in [5.41, 5.74) is 0. The van der Waals surface area contributed by atoms with Gasteiger partial charge >= 0.3 is 0 Å². The first-order valence-electron chi connectivity index (χ1n) is 3.87. The molecule has 14 heavy (non-hydrogen) atoms. The minimum atomic E-state index is -3.54. The van der Waals surface area contributed by atoms with Crippen molar-refractivity contribution in [2.24, 2.45) is 0 Å². The Labute approximate surface area is 86.9 Å². The molecule has 1 aromatic carbocycles. The number of hydrogen-bond donors (Lipinski definition) is 1. The van der Waals surface area contributed by atoms with Crippen molar-refractivity contribution >= 4 is 21.6 Å². The quantitative estimate of drug-likeness (QED) is 0.804. The minimum Gasteiger partial charge on any atom is -0.210 e. The van der Waals surface area contributed by atoms with E-state index in [1.54, 1.807) is 0 Å². The summed E-state index contributed by atoms with van der Waals surface area (Å²) < 4.78 is 37.6. The average Bonchev–Trinajstić information content (AvgIpc) is 2.16. The molecular formula is C8H9ClFNO2S. The molecule has 1 aromatic rings. The molecule has 3 nitrogen and oxygen atoms in total. The lowest BCUT2D eigenvalue weighted by atomic mass is 10.4. The summed E-state index contributed by atoms with van der Waals surface area (Å²) in [5, 5.41) is 0. The summed E-state index contributed by atoms with van der Waals surface area (Å²) in [6.07, 6.45) is 0. The van der Waals surface area contributed by atoms with Crippen molar-refractivity contribution in [3.63, 3.8) is 0 Å². The molecule has 0 fully saturated rings. The molecule has 0 radical (unpaired) electrons. The number of alkyl halides is 1. The molecule has 1 rings (SSSR count). The first-order valence-corrected chi connectivity index (χ1v) is 5.89. The van der Waals surface area contributed by atoms with Crippen molar-refractivity contribution in [3.8, 4) is 0 Å². The second-order valence-corrected chi connectivity index (χ2v) is 4.69. The topological polar surface area (TPSA) is 46.2 Å². The van der Waals surface area contributed by atoms with Crippen molar-refractivity contribution in [1.29, 1.82) is 0 Å². The van der Waals surface area contributed by atoms with Crippen LogP contribution in [0.4, 0.5) is 4.39 Å². The first-order chi connectivity index (χ1) is 6.56. The minimum absolute atomic E-state index is 0.0315. The molecule has 0 aliphatic rings. The van der Waals surface area contributed by atoms with Gasteiger partial charge in [-0.15, -0.1) is 11.6 Å². The third kappa shape index (κ3) is 2.94. The SMILES string of the molecule is O=S(=O)(NCCCl)c1ccc(F)cc1. The normalized spacial score (nSPS) is 11.6. The molecule has 0 atom stereocenters. The molecule has 0 amide bonds. The zero-order valence-corrected chi connectivity index (χ0v) is 8.78. The largest absolute Gasteiger partial charge is 0.240 e. The second kappa shape index (κ2) is 4.72. The van der Waals surface area contributed by atoms with E-state index in [-0.39, 0.29) is 17.3 Å². The molecule has 1 N–H and O–H groups in total. The lowest BCUT2D eigenvalue weighted by Crippen LogP contribution is -2.25. The second-order valence-electron chi connectivity index (χ2n) is 2.54. The van der Waals surface area contributed by atoms with Crippen LogP contribution in [-0.2, 0) is 10.0 Å². The number of sulfonamides is 1. The van der Waals surface area contributed by atoms with Crippen molar-refractivity contribution in [2.45, 2.75) is 4.90 Å². The van der Waals surface area contributed by atoms with Crippen molar-refractivity contribution in [3.05, 3.63) is 30.1 Å². The maximum Gasteiger partial charge on any atom is 0.240 e. The van der Waals surface area contributed by atoms with E-state index < -0.39 is 15.8 Å². The van der Waals surface area contributed by atoms with Gasteiger partial charge in [-0.2, -0.15) is 0 Å². The molecule has 0 saturated heterocycles. The first kappa shape index (κ1) is 11.4. The van der Waals surface area contributed by atoms with Gasteiger partial charge in [0.15, 0.2) is 0 Å². The lowest BCUT2D eigenvalue weighted by molar-refractivity contribution is 0.583. The van der Waals surface area contributed by atoms with Gasteiger partial charge in [0.2, 0.25) is 10.0 Å². The van der Waals surface area contributed by atoms with Crippen LogP contribution < -0.4 is 4.72 Å². The van der Waals surface area contributed by atoms with Crippen molar-refractivity contribution in [2.75, 3.05) is 12.4 Å². The van der Waals surface area contributed by atoms with Gasteiger partial charge in [-0.25, -0.2) is 17.5 Å². The van der Waals surface area contributed by atoms with Crippen LogP contribution in [0.3, 0.4) is 0 Å². The van der Waals surface area contributed by atoms with E-state index in [9.17, 15) is 12.8 Å². The number of benzene rings is 1. The van der Waals surface area contributed by atoms with E-state index in [2.05, 4.69) is 4.72 Å². The van der Waals surface area contributed by atoms with Gasteiger partial charge in [0.1, 0.15) is 5.82 Å². The summed E-state index contributed by atoms with van der Waals surface area (Å²) in [4.78, 5) is 0.0315. The predicted octanol–water partition coefficient (Wildman–Crippen LogP) is 1.34. The fourth-order valence-electron chi connectivity index (χ4n) is 0.870. The van der Waals surface area contributed by atoms with Gasteiger partial charge in [-0.05, 0) is 24.3 Å². The molecule has 0 unspecified atom stereocenters. The Balaban J connectivity index is 2.87. The Kier molecular flexibility index (Phi) is 3.86. The van der Waals surface area contributed by atoms with Gasteiger partial charge in [0, 0.05) is 12.4 Å². The molecule has 0 aliphatic heterocycles. The van der Waals surface area contributed by atoms with E-state index in [1.807, 2.05) is 0 Å².